The summed E-state index contributed by atoms with van der Waals surface area (Å²) in [5.74, 6) is 0.674. The molecule has 1 aliphatic heterocycles. The van der Waals surface area contributed by atoms with Crippen LogP contribution in [0.4, 0.5) is 5.69 Å². The molecule has 0 fully saturated rings. The van der Waals surface area contributed by atoms with Crippen LogP contribution >= 0.6 is 0 Å². The van der Waals surface area contributed by atoms with Gasteiger partial charge in [0.1, 0.15) is 5.71 Å². The molecule has 1 aliphatic rings. The fraction of sp³-hybridized carbons (Fsp3) is 0.0769. The van der Waals surface area contributed by atoms with Crippen molar-refractivity contribution in [3.8, 4) is 0 Å². The van der Waals surface area contributed by atoms with Crippen LogP contribution in [0, 0.1) is 0 Å². The van der Waals surface area contributed by atoms with E-state index in [2.05, 4.69) is 9.98 Å². The molecule has 1 atom stereocenters. The van der Waals surface area contributed by atoms with Gasteiger partial charge in [0, 0.05) is 18.5 Å². The summed E-state index contributed by atoms with van der Waals surface area (Å²) in [5.41, 5.74) is 7.31. The smallest absolute Gasteiger partial charge is 0.248 e. The Balaban J connectivity index is 1.88. The SMILES string of the molecule is NC1N=C(c2ccco2)C=CN1c1ccc(=O)[nH]c1. The molecule has 2 aromatic rings. The molecule has 1 unspecified atom stereocenters. The van der Waals surface area contributed by atoms with E-state index in [1.165, 1.54) is 6.07 Å². The van der Waals surface area contributed by atoms with Gasteiger partial charge in [-0.05, 0) is 24.3 Å². The highest BCUT2D eigenvalue weighted by atomic mass is 16.3. The van der Waals surface area contributed by atoms with Gasteiger partial charge in [0.15, 0.2) is 12.0 Å². The zero-order valence-corrected chi connectivity index (χ0v) is 9.98. The number of hydrogen-bond donors (Lipinski definition) is 2. The van der Waals surface area contributed by atoms with Crippen molar-refractivity contribution in [3.63, 3.8) is 0 Å². The van der Waals surface area contributed by atoms with E-state index in [4.69, 9.17) is 10.2 Å². The van der Waals surface area contributed by atoms with E-state index in [1.54, 1.807) is 29.5 Å². The third-order valence-corrected chi connectivity index (χ3v) is 2.79. The molecular weight excluding hydrogens is 244 g/mol. The number of allylic oxidation sites excluding steroid dienone is 1. The highest BCUT2D eigenvalue weighted by Gasteiger charge is 2.18. The molecule has 0 radical (unpaired) electrons. The summed E-state index contributed by atoms with van der Waals surface area (Å²) in [4.78, 5) is 19.7. The van der Waals surface area contributed by atoms with Gasteiger partial charge in [-0.3, -0.25) is 10.5 Å². The van der Waals surface area contributed by atoms with Crippen molar-refractivity contribution in [2.75, 3.05) is 4.90 Å². The quantitative estimate of drug-likeness (QED) is 0.840. The third kappa shape index (κ3) is 2.21. The van der Waals surface area contributed by atoms with Crippen LogP contribution in [0.15, 0.2) is 63.2 Å². The van der Waals surface area contributed by atoms with Crippen molar-refractivity contribution in [2.24, 2.45) is 10.7 Å². The van der Waals surface area contributed by atoms with Crippen LogP contribution in [0.25, 0.3) is 0 Å². The molecule has 0 aromatic carbocycles. The lowest BCUT2D eigenvalue weighted by molar-refractivity contribution is 0.555. The molecule has 0 bridgehead atoms. The molecule has 0 saturated carbocycles. The van der Waals surface area contributed by atoms with Crippen LogP contribution in [0.2, 0.25) is 0 Å². The zero-order chi connectivity index (χ0) is 13.2. The number of nitrogens with two attached hydrogens (primary N) is 1. The number of anilines is 1. The van der Waals surface area contributed by atoms with Crippen LogP contribution in [0.3, 0.4) is 0 Å². The number of nitrogens with zero attached hydrogens (tertiary/aromatic N) is 2. The summed E-state index contributed by atoms with van der Waals surface area (Å²) in [7, 11) is 0. The van der Waals surface area contributed by atoms with Gasteiger partial charge in [0.2, 0.25) is 5.56 Å². The number of rotatable bonds is 2. The number of H-pyrrole nitrogens is 1. The lowest BCUT2D eigenvalue weighted by Gasteiger charge is -2.27. The number of aromatic amines is 1. The molecule has 3 rings (SSSR count). The molecule has 0 spiro atoms. The second kappa shape index (κ2) is 4.58. The summed E-state index contributed by atoms with van der Waals surface area (Å²) < 4.78 is 5.27. The summed E-state index contributed by atoms with van der Waals surface area (Å²) in [6.07, 6.45) is 6.25. The number of pyridine rings is 1. The first-order valence-electron chi connectivity index (χ1n) is 5.76. The first-order valence-corrected chi connectivity index (χ1v) is 5.76. The number of aliphatic imine (C=N–C) groups is 1. The number of nitrogens with one attached hydrogen (secondary N) is 1. The predicted octanol–water partition coefficient (Wildman–Crippen LogP) is 1.03. The Bertz CT molecular complexity index is 664. The molecule has 0 amide bonds. The van der Waals surface area contributed by atoms with Crippen molar-refractivity contribution in [1.29, 1.82) is 0 Å². The average Bonchev–Trinajstić information content (AvgIpc) is 2.94. The Morgan fingerprint density at radius 1 is 1.37 bits per heavy atom. The number of hydrogen-bond acceptors (Lipinski definition) is 5. The van der Waals surface area contributed by atoms with Gasteiger partial charge in [0.25, 0.3) is 0 Å². The molecule has 2 aromatic heterocycles. The van der Waals surface area contributed by atoms with Crippen LogP contribution in [0.5, 0.6) is 0 Å². The Morgan fingerprint density at radius 3 is 2.89 bits per heavy atom. The molecule has 96 valence electrons. The fourth-order valence-electron chi connectivity index (χ4n) is 1.86. The Kier molecular flexibility index (Phi) is 2.77. The molecule has 19 heavy (non-hydrogen) atoms. The minimum absolute atomic E-state index is 0.155. The monoisotopic (exact) mass is 256 g/mol. The van der Waals surface area contributed by atoms with Crippen molar-refractivity contribution in [3.05, 3.63) is 65.1 Å². The molecule has 6 heteroatoms. The summed E-state index contributed by atoms with van der Waals surface area (Å²) in [6, 6.07) is 6.76. The molecule has 0 saturated heterocycles. The first-order chi connectivity index (χ1) is 9.24. The summed E-state index contributed by atoms with van der Waals surface area (Å²) in [6.45, 7) is 0. The molecular formula is C13H12N4O2. The maximum Gasteiger partial charge on any atom is 0.248 e. The van der Waals surface area contributed by atoms with Gasteiger partial charge in [-0.15, -0.1) is 0 Å². The lowest BCUT2D eigenvalue weighted by Crippen LogP contribution is -2.40. The van der Waals surface area contributed by atoms with E-state index in [9.17, 15) is 4.79 Å². The minimum atomic E-state index is -0.559. The van der Waals surface area contributed by atoms with E-state index < -0.39 is 6.29 Å². The molecule has 6 nitrogen and oxygen atoms in total. The first kappa shape index (κ1) is 11.5. The second-order valence-electron chi connectivity index (χ2n) is 4.04. The minimum Gasteiger partial charge on any atom is -0.463 e. The van der Waals surface area contributed by atoms with Crippen LogP contribution in [0.1, 0.15) is 5.76 Å². The van der Waals surface area contributed by atoms with Crippen molar-refractivity contribution in [1.82, 2.24) is 4.98 Å². The van der Waals surface area contributed by atoms with Gasteiger partial charge < -0.3 is 14.3 Å². The van der Waals surface area contributed by atoms with Crippen LogP contribution in [-0.4, -0.2) is 17.0 Å². The topological polar surface area (TPSA) is 87.6 Å². The highest BCUT2D eigenvalue weighted by Crippen LogP contribution is 2.18. The number of furan rings is 1. The second-order valence-corrected chi connectivity index (χ2v) is 4.04. The van der Waals surface area contributed by atoms with Gasteiger partial charge in [-0.25, -0.2) is 4.99 Å². The number of aromatic nitrogens is 1. The van der Waals surface area contributed by atoms with E-state index in [1.807, 2.05) is 18.3 Å². The van der Waals surface area contributed by atoms with E-state index in [0.29, 0.717) is 11.5 Å². The fourth-order valence-corrected chi connectivity index (χ4v) is 1.86. The molecule has 3 N–H and O–H groups in total. The Hall–Kier alpha value is -2.60. The van der Waals surface area contributed by atoms with Crippen molar-refractivity contribution < 1.29 is 4.42 Å². The normalized spacial score (nSPS) is 18.5. The predicted molar refractivity (Wildman–Crippen MR) is 71.9 cm³/mol. The van der Waals surface area contributed by atoms with Gasteiger partial charge in [-0.1, -0.05) is 0 Å². The van der Waals surface area contributed by atoms with Crippen LogP contribution in [-0.2, 0) is 0 Å². The van der Waals surface area contributed by atoms with E-state index in [0.717, 1.165) is 5.69 Å². The maximum atomic E-state index is 11.0. The zero-order valence-electron chi connectivity index (χ0n) is 9.98. The standard InChI is InChI=1S/C13H12N4O2/c14-13-16-10(11-2-1-7-19-11)5-6-17(13)9-3-4-12(18)15-8-9/h1-8,13H,14H2,(H,15,18). The lowest BCUT2D eigenvalue weighted by atomic mass is 10.2. The van der Waals surface area contributed by atoms with Gasteiger partial charge >= 0.3 is 0 Å². The van der Waals surface area contributed by atoms with Crippen molar-refractivity contribution >= 4 is 11.4 Å². The van der Waals surface area contributed by atoms with Crippen molar-refractivity contribution in [2.45, 2.75) is 6.29 Å². The molecule has 0 aliphatic carbocycles. The van der Waals surface area contributed by atoms with Gasteiger partial charge in [-0.2, -0.15) is 0 Å². The van der Waals surface area contributed by atoms with E-state index in [-0.39, 0.29) is 5.56 Å². The molecule has 3 heterocycles. The summed E-state index contributed by atoms with van der Waals surface area (Å²) in [5, 5.41) is 0. The van der Waals surface area contributed by atoms with Crippen LogP contribution < -0.4 is 16.2 Å². The van der Waals surface area contributed by atoms with Gasteiger partial charge in [0.05, 0.1) is 12.0 Å². The maximum absolute atomic E-state index is 11.0. The average molecular weight is 256 g/mol. The Labute approximate surface area is 108 Å². The Morgan fingerprint density at radius 2 is 2.26 bits per heavy atom. The summed E-state index contributed by atoms with van der Waals surface area (Å²) >= 11 is 0. The largest absolute Gasteiger partial charge is 0.463 e. The highest BCUT2D eigenvalue weighted by molar-refractivity contribution is 6.07. The van der Waals surface area contributed by atoms with E-state index >= 15 is 0 Å². The third-order valence-electron chi connectivity index (χ3n) is 2.79.